The minimum absolute atomic E-state index is 0.209. The van der Waals surface area contributed by atoms with Crippen LogP contribution < -0.4 is 10.6 Å². The van der Waals surface area contributed by atoms with E-state index in [-0.39, 0.29) is 11.8 Å². The van der Waals surface area contributed by atoms with Gasteiger partial charge in [-0.1, -0.05) is 6.07 Å². The standard InChI is InChI=1S/C23H24N6O2/c1-27(22(31)17-6-2-5-16(13-17)15-24)18-8-9-20-19(14-18)26-23(25)29(20)12-4-11-28-10-3-7-21(28)30/h2,5-6,8-9,13-14H,3-4,7,10-12H2,1H3,(H2,25,26). The van der Waals surface area contributed by atoms with E-state index in [0.717, 1.165) is 31.4 Å². The second-order valence-corrected chi connectivity index (χ2v) is 7.69. The third kappa shape index (κ3) is 4.08. The number of nitrogen functional groups attached to an aromatic ring is 1. The number of anilines is 2. The highest BCUT2D eigenvalue weighted by Gasteiger charge is 2.20. The van der Waals surface area contributed by atoms with E-state index in [9.17, 15) is 9.59 Å². The number of imidazole rings is 1. The molecule has 1 aromatic heterocycles. The molecule has 1 saturated heterocycles. The highest BCUT2D eigenvalue weighted by Crippen LogP contribution is 2.25. The zero-order valence-electron chi connectivity index (χ0n) is 17.4. The molecule has 1 fully saturated rings. The summed E-state index contributed by atoms with van der Waals surface area (Å²) in [6.07, 6.45) is 2.38. The van der Waals surface area contributed by atoms with Crippen LogP contribution in [0.1, 0.15) is 35.2 Å². The Hall–Kier alpha value is -3.86. The molecule has 0 unspecified atom stereocenters. The van der Waals surface area contributed by atoms with Crippen LogP contribution in [0.3, 0.4) is 0 Å². The van der Waals surface area contributed by atoms with Gasteiger partial charge in [0.2, 0.25) is 11.9 Å². The van der Waals surface area contributed by atoms with E-state index < -0.39 is 0 Å². The monoisotopic (exact) mass is 416 g/mol. The number of hydrogen-bond acceptors (Lipinski definition) is 5. The summed E-state index contributed by atoms with van der Waals surface area (Å²) in [5, 5.41) is 9.07. The molecule has 31 heavy (non-hydrogen) atoms. The quantitative estimate of drug-likeness (QED) is 0.665. The Morgan fingerprint density at radius 3 is 2.84 bits per heavy atom. The number of carbonyl (C=O) groups is 2. The smallest absolute Gasteiger partial charge is 0.258 e. The van der Waals surface area contributed by atoms with Crippen molar-refractivity contribution in [2.75, 3.05) is 30.8 Å². The number of fused-ring (bicyclic) bond motifs is 1. The predicted molar refractivity (Wildman–Crippen MR) is 118 cm³/mol. The lowest BCUT2D eigenvalue weighted by Crippen LogP contribution is -2.26. The number of hydrogen-bond donors (Lipinski definition) is 1. The number of carbonyl (C=O) groups excluding carboxylic acids is 2. The Balaban J connectivity index is 1.51. The summed E-state index contributed by atoms with van der Waals surface area (Å²) in [4.78, 5) is 32.5. The molecule has 1 aliphatic heterocycles. The molecule has 158 valence electrons. The molecular formula is C23H24N6O2. The fraction of sp³-hybridized carbons (Fsp3) is 0.304. The van der Waals surface area contributed by atoms with E-state index in [1.54, 1.807) is 31.3 Å². The average molecular weight is 416 g/mol. The second-order valence-electron chi connectivity index (χ2n) is 7.69. The lowest BCUT2D eigenvalue weighted by atomic mass is 10.1. The Morgan fingerprint density at radius 2 is 2.10 bits per heavy atom. The van der Waals surface area contributed by atoms with Crippen LogP contribution in [0.5, 0.6) is 0 Å². The van der Waals surface area contributed by atoms with E-state index in [0.29, 0.717) is 41.2 Å². The van der Waals surface area contributed by atoms with Crippen molar-refractivity contribution in [1.29, 1.82) is 5.26 Å². The number of benzene rings is 2. The number of nitrogens with zero attached hydrogens (tertiary/aromatic N) is 5. The van der Waals surface area contributed by atoms with Gasteiger partial charge >= 0.3 is 0 Å². The lowest BCUT2D eigenvalue weighted by Gasteiger charge is -2.18. The van der Waals surface area contributed by atoms with Crippen LogP contribution in [0.15, 0.2) is 42.5 Å². The predicted octanol–water partition coefficient (Wildman–Crippen LogP) is 2.78. The van der Waals surface area contributed by atoms with Crippen LogP contribution in [0.2, 0.25) is 0 Å². The van der Waals surface area contributed by atoms with Crippen LogP contribution in [0.25, 0.3) is 11.0 Å². The Labute approximate surface area is 180 Å². The maximum Gasteiger partial charge on any atom is 0.258 e. The van der Waals surface area contributed by atoms with E-state index in [2.05, 4.69) is 11.1 Å². The summed E-state index contributed by atoms with van der Waals surface area (Å²) < 4.78 is 1.94. The van der Waals surface area contributed by atoms with Gasteiger partial charge in [-0.2, -0.15) is 5.26 Å². The van der Waals surface area contributed by atoms with E-state index in [1.807, 2.05) is 27.7 Å². The third-order valence-electron chi connectivity index (χ3n) is 5.67. The van der Waals surface area contributed by atoms with Gasteiger partial charge in [-0.3, -0.25) is 9.59 Å². The Kier molecular flexibility index (Phi) is 5.58. The number of likely N-dealkylation sites (tertiary alicyclic amines) is 1. The first-order valence-electron chi connectivity index (χ1n) is 10.3. The first-order valence-corrected chi connectivity index (χ1v) is 10.3. The SMILES string of the molecule is CN(C(=O)c1cccc(C#N)c1)c1ccc2c(c1)nc(N)n2CCCN1CCCC1=O. The van der Waals surface area contributed by atoms with Crippen molar-refractivity contribution in [3.63, 3.8) is 0 Å². The molecule has 4 rings (SSSR count). The molecule has 0 aliphatic carbocycles. The highest BCUT2D eigenvalue weighted by atomic mass is 16.2. The van der Waals surface area contributed by atoms with Gasteiger partial charge in [0.1, 0.15) is 0 Å². The van der Waals surface area contributed by atoms with E-state index in [1.165, 1.54) is 4.90 Å². The topological polar surface area (TPSA) is 108 Å². The fourth-order valence-corrected chi connectivity index (χ4v) is 3.97. The van der Waals surface area contributed by atoms with Gasteiger partial charge in [0, 0.05) is 44.4 Å². The minimum Gasteiger partial charge on any atom is -0.369 e. The van der Waals surface area contributed by atoms with Crippen molar-refractivity contribution in [1.82, 2.24) is 14.5 Å². The maximum atomic E-state index is 12.8. The molecule has 0 spiro atoms. The van der Waals surface area contributed by atoms with Crippen molar-refractivity contribution < 1.29 is 9.59 Å². The molecule has 2 N–H and O–H groups in total. The van der Waals surface area contributed by atoms with Gasteiger partial charge in [0.05, 0.1) is 22.7 Å². The average Bonchev–Trinajstić information content (AvgIpc) is 3.34. The Morgan fingerprint density at radius 1 is 1.26 bits per heavy atom. The van der Waals surface area contributed by atoms with Crippen molar-refractivity contribution in [3.8, 4) is 6.07 Å². The van der Waals surface area contributed by atoms with Crippen LogP contribution in [0, 0.1) is 11.3 Å². The number of rotatable bonds is 6. The molecule has 8 nitrogen and oxygen atoms in total. The van der Waals surface area contributed by atoms with E-state index in [4.69, 9.17) is 11.0 Å². The normalized spacial score (nSPS) is 13.5. The van der Waals surface area contributed by atoms with Gasteiger partial charge in [0.15, 0.2) is 0 Å². The molecule has 2 heterocycles. The largest absolute Gasteiger partial charge is 0.369 e. The summed E-state index contributed by atoms with van der Waals surface area (Å²) in [6.45, 7) is 2.22. The number of aryl methyl sites for hydroxylation is 1. The maximum absolute atomic E-state index is 12.8. The van der Waals surface area contributed by atoms with Crippen LogP contribution >= 0.6 is 0 Å². The Bertz CT molecular complexity index is 1190. The number of nitriles is 1. The number of amides is 2. The molecular weight excluding hydrogens is 392 g/mol. The zero-order chi connectivity index (χ0) is 22.0. The summed E-state index contributed by atoms with van der Waals surface area (Å²) in [7, 11) is 1.69. The van der Waals surface area contributed by atoms with Gasteiger partial charge in [0.25, 0.3) is 5.91 Å². The first kappa shape index (κ1) is 20.4. The van der Waals surface area contributed by atoms with Gasteiger partial charge in [-0.05, 0) is 49.2 Å². The minimum atomic E-state index is -0.209. The summed E-state index contributed by atoms with van der Waals surface area (Å²) >= 11 is 0. The number of nitrogens with two attached hydrogens (primary N) is 1. The molecule has 2 amide bonds. The lowest BCUT2D eigenvalue weighted by molar-refractivity contribution is -0.127. The summed E-state index contributed by atoms with van der Waals surface area (Å²) in [5.74, 6) is 0.427. The van der Waals surface area contributed by atoms with Gasteiger partial charge in [-0.15, -0.1) is 0 Å². The van der Waals surface area contributed by atoms with Crippen LogP contribution in [-0.2, 0) is 11.3 Å². The molecule has 0 bridgehead atoms. The molecule has 1 aliphatic rings. The highest BCUT2D eigenvalue weighted by molar-refractivity contribution is 6.06. The third-order valence-corrected chi connectivity index (χ3v) is 5.67. The first-order chi connectivity index (χ1) is 15.0. The van der Waals surface area contributed by atoms with Crippen LogP contribution in [0.4, 0.5) is 11.6 Å². The van der Waals surface area contributed by atoms with Gasteiger partial charge < -0.3 is 20.1 Å². The number of aromatic nitrogens is 2. The second kappa shape index (κ2) is 8.48. The van der Waals surface area contributed by atoms with Crippen molar-refractivity contribution in [2.24, 2.45) is 0 Å². The van der Waals surface area contributed by atoms with Crippen molar-refractivity contribution in [2.45, 2.75) is 25.8 Å². The molecule has 3 aromatic rings. The van der Waals surface area contributed by atoms with Crippen LogP contribution in [-0.4, -0.2) is 46.4 Å². The molecule has 0 radical (unpaired) electrons. The fourth-order valence-electron chi connectivity index (χ4n) is 3.97. The molecule has 8 heteroatoms. The molecule has 0 saturated carbocycles. The summed E-state index contributed by atoms with van der Waals surface area (Å²) in [6, 6.07) is 14.3. The summed E-state index contributed by atoms with van der Waals surface area (Å²) in [5.41, 5.74) is 9.32. The zero-order valence-corrected chi connectivity index (χ0v) is 17.4. The van der Waals surface area contributed by atoms with Gasteiger partial charge in [-0.25, -0.2) is 4.98 Å². The van der Waals surface area contributed by atoms with Crippen molar-refractivity contribution in [3.05, 3.63) is 53.6 Å². The van der Waals surface area contributed by atoms with Crippen molar-refractivity contribution >= 4 is 34.5 Å². The molecule has 0 atom stereocenters. The van der Waals surface area contributed by atoms with E-state index >= 15 is 0 Å². The molecule has 2 aromatic carbocycles.